The van der Waals surface area contributed by atoms with E-state index in [1.807, 2.05) is 55.5 Å². The Morgan fingerprint density at radius 1 is 1.21 bits per heavy atom. The van der Waals surface area contributed by atoms with E-state index in [1.165, 1.54) is 5.56 Å². The third-order valence-electron chi connectivity index (χ3n) is 3.99. The van der Waals surface area contributed by atoms with E-state index in [1.54, 1.807) is 0 Å². The topological polar surface area (TPSA) is 56.1 Å². The smallest absolute Gasteiger partial charge is 0.207 e. The lowest BCUT2D eigenvalue weighted by Crippen LogP contribution is -2.21. The Morgan fingerprint density at radius 3 is 2.71 bits per heavy atom. The van der Waals surface area contributed by atoms with E-state index in [0.717, 1.165) is 22.6 Å². The number of aryl methyl sites for hydroxylation is 1. The molecular weight excluding hydrogens is 302 g/mol. The van der Waals surface area contributed by atoms with Gasteiger partial charge in [0.05, 0.1) is 23.6 Å². The van der Waals surface area contributed by atoms with Crippen LogP contribution in [0.2, 0.25) is 0 Å². The lowest BCUT2D eigenvalue weighted by molar-refractivity contribution is -0.110. The van der Waals surface area contributed by atoms with Gasteiger partial charge in [0, 0.05) is 0 Å². The Labute approximate surface area is 141 Å². The highest BCUT2D eigenvalue weighted by Crippen LogP contribution is 2.21. The Kier molecular flexibility index (Phi) is 4.79. The van der Waals surface area contributed by atoms with Crippen LogP contribution < -0.4 is 10.1 Å². The molecule has 1 atom stereocenters. The van der Waals surface area contributed by atoms with Crippen LogP contribution in [0.15, 0.2) is 48.5 Å². The monoisotopic (exact) mass is 323 g/mol. The predicted molar refractivity (Wildman–Crippen MR) is 94.0 cm³/mol. The maximum atomic E-state index is 10.8. The standard InChI is InChI=1S/C19H21N3O2/c1-14-7-9-16(10-8-14)24-12-11-22-18-6-4-3-5-17(18)21-19(22)15(2)20-13-23/h3-10,13,15H,11-12H2,1-2H3,(H,20,23)/t15-/m0/s1. The second-order valence-electron chi connectivity index (χ2n) is 5.78. The van der Waals surface area contributed by atoms with E-state index in [9.17, 15) is 4.79 Å². The number of aromatic nitrogens is 2. The van der Waals surface area contributed by atoms with Crippen LogP contribution in [0.25, 0.3) is 11.0 Å². The van der Waals surface area contributed by atoms with Gasteiger partial charge in [-0.2, -0.15) is 0 Å². The van der Waals surface area contributed by atoms with Crippen molar-refractivity contribution in [3.63, 3.8) is 0 Å². The van der Waals surface area contributed by atoms with Gasteiger partial charge in [-0.15, -0.1) is 0 Å². The first-order valence-electron chi connectivity index (χ1n) is 8.03. The molecule has 0 spiro atoms. The second kappa shape index (κ2) is 7.17. The van der Waals surface area contributed by atoms with Crippen LogP contribution in [-0.2, 0) is 11.3 Å². The number of carbonyl (C=O) groups is 1. The molecule has 1 heterocycles. The van der Waals surface area contributed by atoms with Crippen molar-refractivity contribution in [2.75, 3.05) is 6.61 Å². The van der Waals surface area contributed by atoms with Crippen molar-refractivity contribution in [1.29, 1.82) is 0 Å². The number of nitrogens with one attached hydrogen (secondary N) is 1. The molecule has 0 aliphatic heterocycles. The lowest BCUT2D eigenvalue weighted by Gasteiger charge is -2.14. The number of nitrogens with zero attached hydrogens (tertiary/aromatic N) is 2. The Balaban J connectivity index is 1.80. The van der Waals surface area contributed by atoms with Crippen LogP contribution in [0.1, 0.15) is 24.4 Å². The number of ether oxygens (including phenoxy) is 1. The molecule has 0 fully saturated rings. The third kappa shape index (κ3) is 3.40. The summed E-state index contributed by atoms with van der Waals surface area (Å²) in [6, 6.07) is 15.8. The Bertz CT molecular complexity index is 824. The molecule has 0 aliphatic rings. The summed E-state index contributed by atoms with van der Waals surface area (Å²) in [5, 5.41) is 2.77. The van der Waals surface area contributed by atoms with Gasteiger partial charge in [0.25, 0.3) is 0 Å². The lowest BCUT2D eigenvalue weighted by atomic mass is 10.2. The van der Waals surface area contributed by atoms with E-state index in [2.05, 4.69) is 21.8 Å². The van der Waals surface area contributed by atoms with Crippen LogP contribution in [0.3, 0.4) is 0 Å². The quantitative estimate of drug-likeness (QED) is 0.679. The van der Waals surface area contributed by atoms with Crippen molar-refractivity contribution in [1.82, 2.24) is 14.9 Å². The first-order valence-corrected chi connectivity index (χ1v) is 8.03. The molecule has 124 valence electrons. The maximum absolute atomic E-state index is 10.8. The SMILES string of the molecule is Cc1ccc(OCCn2c([C@H](C)NC=O)nc3ccccc32)cc1. The first kappa shape index (κ1) is 16.1. The molecule has 2 aromatic carbocycles. The summed E-state index contributed by atoms with van der Waals surface area (Å²) in [4.78, 5) is 15.4. The molecule has 1 N–H and O–H groups in total. The summed E-state index contributed by atoms with van der Waals surface area (Å²) in [5.74, 6) is 1.68. The molecule has 0 aliphatic carbocycles. The zero-order chi connectivity index (χ0) is 16.9. The van der Waals surface area contributed by atoms with Crippen LogP contribution in [0.5, 0.6) is 5.75 Å². The van der Waals surface area contributed by atoms with Gasteiger partial charge < -0.3 is 14.6 Å². The van der Waals surface area contributed by atoms with Crippen molar-refractivity contribution in [2.45, 2.75) is 26.4 Å². The van der Waals surface area contributed by atoms with Crippen LogP contribution >= 0.6 is 0 Å². The predicted octanol–water partition coefficient (Wildman–Crippen LogP) is 3.23. The molecule has 24 heavy (non-hydrogen) atoms. The van der Waals surface area contributed by atoms with Gasteiger partial charge in [0.15, 0.2) is 0 Å². The molecule has 0 saturated carbocycles. The number of imidazole rings is 1. The normalized spacial score (nSPS) is 12.1. The number of rotatable bonds is 7. The zero-order valence-electron chi connectivity index (χ0n) is 13.9. The fourth-order valence-corrected chi connectivity index (χ4v) is 2.73. The van der Waals surface area contributed by atoms with Crippen molar-refractivity contribution >= 4 is 17.4 Å². The number of benzene rings is 2. The van der Waals surface area contributed by atoms with E-state index < -0.39 is 0 Å². The largest absolute Gasteiger partial charge is 0.492 e. The number of carbonyl (C=O) groups excluding carboxylic acids is 1. The highest BCUT2D eigenvalue weighted by atomic mass is 16.5. The van der Waals surface area contributed by atoms with E-state index in [-0.39, 0.29) is 6.04 Å². The molecule has 5 heteroatoms. The minimum atomic E-state index is -0.158. The highest BCUT2D eigenvalue weighted by molar-refractivity contribution is 5.76. The molecule has 0 saturated heterocycles. The second-order valence-corrected chi connectivity index (χ2v) is 5.78. The summed E-state index contributed by atoms with van der Waals surface area (Å²) < 4.78 is 7.94. The highest BCUT2D eigenvalue weighted by Gasteiger charge is 2.15. The third-order valence-corrected chi connectivity index (χ3v) is 3.99. The van der Waals surface area contributed by atoms with E-state index in [4.69, 9.17) is 4.74 Å². The molecule has 0 radical (unpaired) electrons. The number of hydrogen-bond donors (Lipinski definition) is 1. The van der Waals surface area contributed by atoms with Crippen LogP contribution in [-0.4, -0.2) is 22.6 Å². The van der Waals surface area contributed by atoms with Gasteiger partial charge >= 0.3 is 0 Å². The summed E-state index contributed by atoms with van der Waals surface area (Å²) in [7, 11) is 0. The first-order chi connectivity index (χ1) is 11.7. The van der Waals surface area contributed by atoms with Crippen molar-refractivity contribution < 1.29 is 9.53 Å². The van der Waals surface area contributed by atoms with Gasteiger partial charge in [-0.05, 0) is 38.1 Å². The van der Waals surface area contributed by atoms with Gasteiger partial charge in [-0.3, -0.25) is 4.79 Å². The molecule has 3 rings (SSSR count). The summed E-state index contributed by atoms with van der Waals surface area (Å²) in [5.41, 5.74) is 3.17. The van der Waals surface area contributed by atoms with E-state index >= 15 is 0 Å². The van der Waals surface area contributed by atoms with Gasteiger partial charge in [0.1, 0.15) is 18.2 Å². The average molecular weight is 323 g/mol. The fourth-order valence-electron chi connectivity index (χ4n) is 2.73. The maximum Gasteiger partial charge on any atom is 0.207 e. The minimum Gasteiger partial charge on any atom is -0.492 e. The number of fused-ring (bicyclic) bond motifs is 1. The molecule has 3 aromatic rings. The number of hydrogen-bond acceptors (Lipinski definition) is 3. The summed E-state index contributed by atoms with van der Waals surface area (Å²) >= 11 is 0. The van der Waals surface area contributed by atoms with Crippen LogP contribution in [0, 0.1) is 6.92 Å². The molecule has 0 bridgehead atoms. The number of amides is 1. The Hall–Kier alpha value is -2.82. The van der Waals surface area contributed by atoms with Gasteiger partial charge in [0.2, 0.25) is 6.41 Å². The molecule has 5 nitrogen and oxygen atoms in total. The van der Waals surface area contributed by atoms with Crippen molar-refractivity contribution in [3.05, 3.63) is 59.9 Å². The summed E-state index contributed by atoms with van der Waals surface area (Å²) in [6.45, 7) is 5.17. The molecular formula is C19H21N3O2. The van der Waals surface area contributed by atoms with Crippen LogP contribution in [0.4, 0.5) is 0 Å². The van der Waals surface area contributed by atoms with E-state index in [0.29, 0.717) is 19.6 Å². The average Bonchev–Trinajstić information content (AvgIpc) is 2.96. The molecule has 0 unspecified atom stereocenters. The zero-order valence-corrected chi connectivity index (χ0v) is 13.9. The van der Waals surface area contributed by atoms with Gasteiger partial charge in [-0.25, -0.2) is 4.98 Å². The fraction of sp³-hybridized carbons (Fsp3) is 0.263. The molecule has 1 aromatic heterocycles. The minimum absolute atomic E-state index is 0.158. The van der Waals surface area contributed by atoms with Crippen molar-refractivity contribution in [2.24, 2.45) is 0 Å². The van der Waals surface area contributed by atoms with Gasteiger partial charge in [-0.1, -0.05) is 29.8 Å². The van der Waals surface area contributed by atoms with Crippen molar-refractivity contribution in [3.8, 4) is 5.75 Å². The summed E-state index contributed by atoms with van der Waals surface area (Å²) in [6.07, 6.45) is 0.706. The molecule has 1 amide bonds. The Morgan fingerprint density at radius 2 is 1.96 bits per heavy atom. The number of para-hydroxylation sites is 2.